The minimum atomic E-state index is -0.775. The Morgan fingerprint density at radius 1 is 1.47 bits per heavy atom. The molecule has 0 spiro atoms. The molecule has 1 unspecified atom stereocenters. The topological polar surface area (TPSA) is 38.0 Å². The van der Waals surface area contributed by atoms with Crippen LogP contribution < -0.4 is 0 Å². The van der Waals surface area contributed by atoms with E-state index in [2.05, 4.69) is 27.8 Å². The van der Waals surface area contributed by atoms with Crippen molar-refractivity contribution in [2.45, 2.75) is 32.4 Å². The Bertz CT molecular complexity index is 556. The van der Waals surface area contributed by atoms with Crippen molar-refractivity contribution >= 4 is 15.9 Å². The van der Waals surface area contributed by atoms with Crippen LogP contribution in [0.4, 0.5) is 4.39 Å². The minimum absolute atomic E-state index is 0.353. The highest BCUT2D eigenvalue weighted by atomic mass is 79.9. The molecule has 2 aromatic rings. The van der Waals surface area contributed by atoms with Gasteiger partial charge >= 0.3 is 0 Å². The molecular formula is C14H16BrFN2O. The number of nitrogens with zero attached hydrogens (tertiary/aromatic N) is 2. The van der Waals surface area contributed by atoms with E-state index >= 15 is 0 Å². The highest BCUT2D eigenvalue weighted by Crippen LogP contribution is 2.26. The van der Waals surface area contributed by atoms with E-state index in [9.17, 15) is 9.50 Å². The molecular weight excluding hydrogens is 311 g/mol. The van der Waals surface area contributed by atoms with Crippen LogP contribution in [0.5, 0.6) is 0 Å². The van der Waals surface area contributed by atoms with E-state index in [1.165, 1.54) is 12.1 Å². The van der Waals surface area contributed by atoms with Crippen molar-refractivity contribution in [1.82, 2.24) is 9.55 Å². The second-order valence-corrected chi connectivity index (χ2v) is 5.28. The summed E-state index contributed by atoms with van der Waals surface area (Å²) in [6.45, 7) is 2.95. The molecule has 0 aliphatic heterocycles. The highest BCUT2D eigenvalue weighted by molar-refractivity contribution is 9.10. The second kappa shape index (κ2) is 6.30. The molecule has 102 valence electrons. The van der Waals surface area contributed by atoms with E-state index in [-0.39, 0.29) is 5.82 Å². The normalized spacial score (nSPS) is 12.6. The molecule has 1 heterocycles. The molecule has 0 saturated heterocycles. The molecule has 0 bridgehead atoms. The van der Waals surface area contributed by atoms with Crippen LogP contribution in [0.2, 0.25) is 0 Å². The summed E-state index contributed by atoms with van der Waals surface area (Å²) >= 11 is 3.33. The summed E-state index contributed by atoms with van der Waals surface area (Å²) < 4.78 is 15.9. The number of hydrogen-bond acceptors (Lipinski definition) is 2. The number of hydrogen-bond donors (Lipinski definition) is 1. The van der Waals surface area contributed by atoms with Gasteiger partial charge in [0.2, 0.25) is 0 Å². The predicted molar refractivity (Wildman–Crippen MR) is 75.3 cm³/mol. The van der Waals surface area contributed by atoms with Crippen molar-refractivity contribution in [2.24, 2.45) is 0 Å². The fraction of sp³-hybridized carbons (Fsp3) is 0.357. The quantitative estimate of drug-likeness (QED) is 0.913. The van der Waals surface area contributed by atoms with Gasteiger partial charge in [-0.05, 0) is 30.2 Å². The predicted octanol–water partition coefficient (Wildman–Crippen LogP) is 3.47. The lowest BCUT2D eigenvalue weighted by atomic mass is 10.1. The number of benzene rings is 1. The third-order valence-corrected chi connectivity index (χ3v) is 3.68. The van der Waals surface area contributed by atoms with Crippen LogP contribution in [-0.2, 0) is 13.0 Å². The Hall–Kier alpha value is -1.20. The van der Waals surface area contributed by atoms with Crippen LogP contribution in [0, 0.1) is 5.82 Å². The largest absolute Gasteiger partial charge is 0.388 e. The SMILES string of the molecule is CCCn1ccnc1CC(O)c1cc(F)ccc1Br. The first-order valence-corrected chi connectivity index (χ1v) is 7.04. The molecule has 0 amide bonds. The van der Waals surface area contributed by atoms with E-state index in [1.54, 1.807) is 12.3 Å². The van der Waals surface area contributed by atoms with Crippen molar-refractivity contribution in [2.75, 3.05) is 0 Å². The molecule has 2 rings (SSSR count). The van der Waals surface area contributed by atoms with Crippen LogP contribution in [0.15, 0.2) is 35.1 Å². The molecule has 0 fully saturated rings. The van der Waals surface area contributed by atoms with Gasteiger partial charge in [0.25, 0.3) is 0 Å². The maximum absolute atomic E-state index is 13.2. The summed E-state index contributed by atoms with van der Waals surface area (Å²) in [5, 5.41) is 10.2. The summed E-state index contributed by atoms with van der Waals surface area (Å²) in [6.07, 6.45) is 4.21. The van der Waals surface area contributed by atoms with Crippen molar-refractivity contribution in [3.05, 3.63) is 52.3 Å². The van der Waals surface area contributed by atoms with Crippen molar-refractivity contribution in [3.63, 3.8) is 0 Å². The minimum Gasteiger partial charge on any atom is -0.388 e. The first kappa shape index (κ1) is 14.2. The lowest BCUT2D eigenvalue weighted by Crippen LogP contribution is -2.09. The van der Waals surface area contributed by atoms with Gasteiger partial charge < -0.3 is 9.67 Å². The summed E-state index contributed by atoms with van der Waals surface area (Å²) in [4.78, 5) is 4.25. The first-order chi connectivity index (χ1) is 9.11. The number of aromatic nitrogens is 2. The number of imidazole rings is 1. The lowest BCUT2D eigenvalue weighted by molar-refractivity contribution is 0.173. The van der Waals surface area contributed by atoms with Gasteiger partial charge in [-0.1, -0.05) is 22.9 Å². The molecule has 3 nitrogen and oxygen atoms in total. The van der Waals surface area contributed by atoms with E-state index < -0.39 is 6.10 Å². The standard InChI is InChI=1S/C14H16BrFN2O/c1-2-6-18-7-5-17-14(18)9-13(19)11-8-10(16)3-4-12(11)15/h3-5,7-8,13,19H,2,6,9H2,1H3. The maximum Gasteiger partial charge on any atom is 0.123 e. The summed E-state index contributed by atoms with van der Waals surface area (Å²) in [5.74, 6) is 0.458. The van der Waals surface area contributed by atoms with Gasteiger partial charge in [-0.3, -0.25) is 0 Å². The summed E-state index contributed by atoms with van der Waals surface area (Å²) in [6, 6.07) is 4.31. The Labute approximate surface area is 120 Å². The van der Waals surface area contributed by atoms with Crippen LogP contribution in [0.25, 0.3) is 0 Å². The number of aliphatic hydroxyl groups excluding tert-OH is 1. The van der Waals surface area contributed by atoms with Gasteiger partial charge in [-0.15, -0.1) is 0 Å². The zero-order valence-corrected chi connectivity index (χ0v) is 12.3. The third-order valence-electron chi connectivity index (χ3n) is 2.96. The molecule has 5 heteroatoms. The van der Waals surface area contributed by atoms with Gasteiger partial charge in [0, 0.05) is 29.8 Å². The number of aliphatic hydroxyl groups is 1. The van der Waals surface area contributed by atoms with Crippen molar-refractivity contribution < 1.29 is 9.50 Å². The van der Waals surface area contributed by atoms with Crippen LogP contribution in [-0.4, -0.2) is 14.7 Å². The van der Waals surface area contributed by atoms with Crippen molar-refractivity contribution in [3.8, 4) is 0 Å². The molecule has 0 saturated carbocycles. The molecule has 1 atom stereocenters. The van der Waals surface area contributed by atoms with Gasteiger partial charge in [-0.25, -0.2) is 9.37 Å². The number of rotatable bonds is 5. The van der Waals surface area contributed by atoms with E-state index in [4.69, 9.17) is 0 Å². The second-order valence-electron chi connectivity index (χ2n) is 4.42. The summed E-state index contributed by atoms with van der Waals surface area (Å²) in [7, 11) is 0. The molecule has 1 N–H and O–H groups in total. The van der Waals surface area contributed by atoms with Crippen LogP contribution in [0.1, 0.15) is 30.8 Å². The average Bonchev–Trinajstić information content (AvgIpc) is 2.80. The Morgan fingerprint density at radius 3 is 3.00 bits per heavy atom. The average molecular weight is 327 g/mol. The van der Waals surface area contributed by atoms with Gasteiger partial charge in [0.15, 0.2) is 0 Å². The van der Waals surface area contributed by atoms with Gasteiger partial charge in [-0.2, -0.15) is 0 Å². The third kappa shape index (κ3) is 3.42. The lowest BCUT2D eigenvalue weighted by Gasteiger charge is -2.14. The van der Waals surface area contributed by atoms with E-state index in [0.717, 1.165) is 18.8 Å². The van der Waals surface area contributed by atoms with Crippen molar-refractivity contribution in [1.29, 1.82) is 0 Å². The van der Waals surface area contributed by atoms with Gasteiger partial charge in [0.1, 0.15) is 11.6 Å². The molecule has 0 aliphatic rings. The maximum atomic E-state index is 13.2. The highest BCUT2D eigenvalue weighted by Gasteiger charge is 2.15. The smallest absolute Gasteiger partial charge is 0.123 e. The first-order valence-electron chi connectivity index (χ1n) is 6.24. The summed E-state index contributed by atoms with van der Waals surface area (Å²) in [5.41, 5.74) is 0.547. The molecule has 0 aliphatic carbocycles. The Morgan fingerprint density at radius 2 is 2.26 bits per heavy atom. The van der Waals surface area contributed by atoms with E-state index in [0.29, 0.717) is 16.5 Å². The van der Waals surface area contributed by atoms with Gasteiger partial charge in [0.05, 0.1) is 6.10 Å². The molecule has 1 aromatic carbocycles. The Kier molecular flexibility index (Phi) is 4.71. The molecule has 1 aromatic heterocycles. The fourth-order valence-corrected chi connectivity index (χ4v) is 2.54. The molecule has 0 radical (unpaired) electrons. The zero-order chi connectivity index (χ0) is 13.8. The molecule has 19 heavy (non-hydrogen) atoms. The zero-order valence-electron chi connectivity index (χ0n) is 10.7. The van der Waals surface area contributed by atoms with E-state index in [1.807, 2.05) is 10.8 Å². The fourth-order valence-electron chi connectivity index (χ4n) is 2.03. The van der Waals surface area contributed by atoms with Crippen LogP contribution >= 0.6 is 15.9 Å². The monoisotopic (exact) mass is 326 g/mol. The van der Waals surface area contributed by atoms with Crippen LogP contribution in [0.3, 0.4) is 0 Å². The number of aryl methyl sites for hydroxylation is 1. The Balaban J connectivity index is 2.18. The number of halogens is 2.